The van der Waals surface area contributed by atoms with E-state index in [1.807, 2.05) is 61.7 Å². The standard InChI is InChI=1S/C18H18N2O2/c1-12-6-8-14(9-7-12)20-17(18(21)22)10-13-11-19-16-5-3-2-4-15(13)16/h2-9,11,17,19-20H,10H2,1H3,(H,21,22)/t17-/m1/s1. The van der Waals surface area contributed by atoms with E-state index < -0.39 is 12.0 Å². The predicted molar refractivity (Wildman–Crippen MR) is 88.2 cm³/mol. The number of carbonyl (C=O) groups is 1. The normalized spacial score (nSPS) is 12.2. The summed E-state index contributed by atoms with van der Waals surface area (Å²) in [5.74, 6) is -0.856. The van der Waals surface area contributed by atoms with Crippen LogP contribution in [0.5, 0.6) is 0 Å². The van der Waals surface area contributed by atoms with Crippen LogP contribution in [0.4, 0.5) is 5.69 Å². The highest BCUT2D eigenvalue weighted by Crippen LogP contribution is 2.20. The number of anilines is 1. The third-order valence-electron chi connectivity index (χ3n) is 3.79. The number of para-hydroxylation sites is 1. The van der Waals surface area contributed by atoms with E-state index in [-0.39, 0.29) is 0 Å². The molecule has 4 heteroatoms. The first-order valence-electron chi connectivity index (χ1n) is 7.24. The summed E-state index contributed by atoms with van der Waals surface area (Å²) in [4.78, 5) is 14.7. The van der Waals surface area contributed by atoms with E-state index in [9.17, 15) is 9.90 Å². The lowest BCUT2D eigenvalue weighted by atomic mass is 10.0. The molecule has 22 heavy (non-hydrogen) atoms. The van der Waals surface area contributed by atoms with Gasteiger partial charge in [0.15, 0.2) is 0 Å². The van der Waals surface area contributed by atoms with Gasteiger partial charge in [-0.15, -0.1) is 0 Å². The molecule has 0 aliphatic rings. The lowest BCUT2D eigenvalue weighted by molar-refractivity contribution is -0.137. The van der Waals surface area contributed by atoms with Crippen molar-refractivity contribution in [2.24, 2.45) is 0 Å². The summed E-state index contributed by atoms with van der Waals surface area (Å²) in [5.41, 5.74) is 3.99. The molecule has 0 unspecified atom stereocenters. The maximum atomic E-state index is 11.6. The van der Waals surface area contributed by atoms with Gasteiger partial charge in [-0.25, -0.2) is 4.79 Å². The number of rotatable bonds is 5. The van der Waals surface area contributed by atoms with Crippen molar-refractivity contribution < 1.29 is 9.90 Å². The molecular weight excluding hydrogens is 276 g/mol. The SMILES string of the molecule is Cc1ccc(N[C@H](Cc2c[nH]c3ccccc23)C(=O)O)cc1. The summed E-state index contributed by atoms with van der Waals surface area (Å²) >= 11 is 0. The van der Waals surface area contributed by atoms with E-state index in [4.69, 9.17) is 0 Å². The van der Waals surface area contributed by atoms with E-state index >= 15 is 0 Å². The maximum absolute atomic E-state index is 11.6. The number of aromatic nitrogens is 1. The minimum absolute atomic E-state index is 0.424. The lowest BCUT2D eigenvalue weighted by Gasteiger charge is -2.15. The smallest absolute Gasteiger partial charge is 0.326 e. The van der Waals surface area contributed by atoms with Gasteiger partial charge in [0.1, 0.15) is 6.04 Å². The van der Waals surface area contributed by atoms with Crippen LogP contribution in [-0.2, 0) is 11.2 Å². The Balaban J connectivity index is 1.82. The molecule has 4 nitrogen and oxygen atoms in total. The molecule has 0 aliphatic heterocycles. The van der Waals surface area contributed by atoms with E-state index in [1.54, 1.807) is 0 Å². The average Bonchev–Trinajstić information content (AvgIpc) is 2.92. The van der Waals surface area contributed by atoms with Gasteiger partial charge in [-0.1, -0.05) is 35.9 Å². The molecule has 3 N–H and O–H groups in total. The van der Waals surface area contributed by atoms with E-state index in [2.05, 4.69) is 10.3 Å². The Kier molecular flexibility index (Phi) is 3.83. The number of hydrogen-bond donors (Lipinski definition) is 3. The zero-order valence-electron chi connectivity index (χ0n) is 12.3. The molecule has 0 saturated carbocycles. The molecule has 0 radical (unpaired) electrons. The molecule has 1 atom stereocenters. The Bertz CT molecular complexity index is 790. The molecular formula is C18H18N2O2. The minimum atomic E-state index is -0.856. The molecule has 0 aliphatic carbocycles. The number of aromatic amines is 1. The molecule has 0 amide bonds. The zero-order chi connectivity index (χ0) is 15.5. The van der Waals surface area contributed by atoms with Crippen LogP contribution in [0.3, 0.4) is 0 Å². The number of aryl methyl sites for hydroxylation is 1. The predicted octanol–water partition coefficient (Wildman–Crippen LogP) is 3.58. The maximum Gasteiger partial charge on any atom is 0.326 e. The van der Waals surface area contributed by atoms with Crippen LogP contribution >= 0.6 is 0 Å². The van der Waals surface area contributed by atoms with Crippen molar-refractivity contribution in [1.29, 1.82) is 0 Å². The van der Waals surface area contributed by atoms with Gasteiger partial charge in [-0.3, -0.25) is 0 Å². The van der Waals surface area contributed by atoms with Gasteiger partial charge < -0.3 is 15.4 Å². The Labute approximate surface area is 128 Å². The number of carboxylic acid groups (broad SMARTS) is 1. The van der Waals surface area contributed by atoms with Crippen LogP contribution in [0, 0.1) is 6.92 Å². The second kappa shape index (κ2) is 5.93. The summed E-state index contributed by atoms with van der Waals surface area (Å²) in [7, 11) is 0. The van der Waals surface area contributed by atoms with Gasteiger partial charge in [0, 0.05) is 29.2 Å². The van der Waals surface area contributed by atoms with Crippen molar-refractivity contribution in [2.75, 3.05) is 5.32 Å². The molecule has 3 rings (SSSR count). The molecule has 2 aromatic carbocycles. The highest BCUT2D eigenvalue weighted by molar-refractivity contribution is 5.85. The van der Waals surface area contributed by atoms with Gasteiger partial charge in [0.05, 0.1) is 0 Å². The van der Waals surface area contributed by atoms with Crippen molar-refractivity contribution in [1.82, 2.24) is 4.98 Å². The van der Waals surface area contributed by atoms with Crippen molar-refractivity contribution >= 4 is 22.6 Å². The van der Waals surface area contributed by atoms with Gasteiger partial charge in [0.25, 0.3) is 0 Å². The summed E-state index contributed by atoms with van der Waals surface area (Å²) in [6.45, 7) is 2.00. The van der Waals surface area contributed by atoms with Gasteiger partial charge in [-0.2, -0.15) is 0 Å². The molecule has 112 valence electrons. The molecule has 1 heterocycles. The third kappa shape index (κ3) is 2.96. The fourth-order valence-electron chi connectivity index (χ4n) is 2.57. The van der Waals surface area contributed by atoms with Crippen LogP contribution in [-0.4, -0.2) is 22.1 Å². The highest BCUT2D eigenvalue weighted by atomic mass is 16.4. The van der Waals surface area contributed by atoms with Crippen LogP contribution in [0.25, 0.3) is 10.9 Å². The van der Waals surface area contributed by atoms with E-state index in [0.29, 0.717) is 6.42 Å². The summed E-state index contributed by atoms with van der Waals surface area (Å²) in [6.07, 6.45) is 2.31. The highest BCUT2D eigenvalue weighted by Gasteiger charge is 2.19. The average molecular weight is 294 g/mol. The van der Waals surface area contributed by atoms with Gasteiger partial charge >= 0.3 is 5.97 Å². The zero-order valence-corrected chi connectivity index (χ0v) is 12.3. The molecule has 0 fully saturated rings. The number of hydrogen-bond acceptors (Lipinski definition) is 2. The topological polar surface area (TPSA) is 65.1 Å². The van der Waals surface area contributed by atoms with Gasteiger partial charge in [0.2, 0.25) is 0 Å². The quantitative estimate of drug-likeness (QED) is 0.674. The third-order valence-corrected chi connectivity index (χ3v) is 3.79. The van der Waals surface area contributed by atoms with Crippen LogP contribution in [0.1, 0.15) is 11.1 Å². The number of H-pyrrole nitrogens is 1. The molecule has 0 saturated heterocycles. The Hall–Kier alpha value is -2.75. The first kappa shape index (κ1) is 14.2. The number of benzene rings is 2. The molecule has 0 spiro atoms. The second-order valence-corrected chi connectivity index (χ2v) is 5.46. The Morgan fingerprint density at radius 3 is 2.64 bits per heavy atom. The molecule has 0 bridgehead atoms. The fourth-order valence-corrected chi connectivity index (χ4v) is 2.57. The number of fused-ring (bicyclic) bond motifs is 1. The number of carboxylic acids is 1. The first-order valence-corrected chi connectivity index (χ1v) is 7.24. The second-order valence-electron chi connectivity index (χ2n) is 5.46. The monoisotopic (exact) mass is 294 g/mol. The summed E-state index contributed by atoms with van der Waals surface area (Å²) in [5, 5.41) is 13.7. The summed E-state index contributed by atoms with van der Waals surface area (Å²) in [6, 6.07) is 15.0. The molecule has 3 aromatic rings. The number of aliphatic carboxylic acids is 1. The largest absolute Gasteiger partial charge is 0.480 e. The number of nitrogens with one attached hydrogen (secondary N) is 2. The van der Waals surface area contributed by atoms with Crippen LogP contribution in [0.2, 0.25) is 0 Å². The minimum Gasteiger partial charge on any atom is -0.480 e. The van der Waals surface area contributed by atoms with Crippen LogP contribution in [0.15, 0.2) is 54.7 Å². The van der Waals surface area contributed by atoms with Crippen molar-refractivity contribution in [3.05, 3.63) is 65.9 Å². The van der Waals surface area contributed by atoms with Gasteiger partial charge in [-0.05, 0) is 30.7 Å². The van der Waals surface area contributed by atoms with Crippen LogP contribution < -0.4 is 5.32 Å². The lowest BCUT2D eigenvalue weighted by Crippen LogP contribution is -2.31. The van der Waals surface area contributed by atoms with Crippen molar-refractivity contribution in [2.45, 2.75) is 19.4 Å². The van der Waals surface area contributed by atoms with Crippen molar-refractivity contribution in [3.63, 3.8) is 0 Å². The van der Waals surface area contributed by atoms with E-state index in [1.165, 1.54) is 0 Å². The Morgan fingerprint density at radius 1 is 1.18 bits per heavy atom. The molecule has 1 aromatic heterocycles. The first-order chi connectivity index (χ1) is 10.6. The Morgan fingerprint density at radius 2 is 1.91 bits per heavy atom. The van der Waals surface area contributed by atoms with E-state index in [0.717, 1.165) is 27.7 Å². The fraction of sp³-hybridized carbons (Fsp3) is 0.167. The summed E-state index contributed by atoms with van der Waals surface area (Å²) < 4.78 is 0. The van der Waals surface area contributed by atoms with Crippen molar-refractivity contribution in [3.8, 4) is 0 Å².